The highest BCUT2D eigenvalue weighted by atomic mass is 19.4. The molecule has 2 atom stereocenters. The molecular weight excluding hydrogens is 531 g/mol. The van der Waals surface area contributed by atoms with Gasteiger partial charge in [-0.05, 0) is 50.8 Å². The molecule has 0 spiro atoms. The Morgan fingerprint density at radius 3 is 2.24 bits per heavy atom. The van der Waals surface area contributed by atoms with Crippen LogP contribution in [0.5, 0.6) is 0 Å². The number of nitrogens with one attached hydrogen (secondary N) is 1. The van der Waals surface area contributed by atoms with Gasteiger partial charge in [0.05, 0.1) is 17.4 Å². The maximum absolute atomic E-state index is 13.6. The van der Waals surface area contributed by atoms with Crippen LogP contribution in [-0.4, -0.2) is 51.9 Å². The number of hydrogen-bond acceptors (Lipinski definition) is 4. The third-order valence-electron chi connectivity index (χ3n) is 7.33. The second-order valence-electron chi connectivity index (χ2n) is 10.5. The number of hydrogen-bond donors (Lipinski definition) is 2. The summed E-state index contributed by atoms with van der Waals surface area (Å²) in [6.45, 7) is 2.77. The molecule has 1 heterocycles. The van der Waals surface area contributed by atoms with Gasteiger partial charge in [0.2, 0.25) is 5.91 Å². The molecule has 4 rings (SSSR count). The third kappa shape index (κ3) is 8.04. The van der Waals surface area contributed by atoms with E-state index in [9.17, 15) is 27.9 Å². The standard InChI is InChI=1S/C32H34F3N3O3/c1-31(30(40)41,19-11-20-32(33,34)35)37-28(24-14-6-3-7-15-24)25-16-8-9-17-26(25)36-29(39)27-18-10-21-38(27)22-23-12-4-2-5-13-23/h2-9,12-17,27H,10-11,18-22H2,1H3,(H,36,39)(H,40,41)/t27-,31-/m0/s1. The fraction of sp³-hybridized carbons (Fsp3) is 0.344. The average Bonchev–Trinajstić information content (AvgIpc) is 3.41. The predicted molar refractivity (Wildman–Crippen MR) is 153 cm³/mol. The second kappa shape index (κ2) is 13.1. The minimum Gasteiger partial charge on any atom is -0.479 e. The summed E-state index contributed by atoms with van der Waals surface area (Å²) < 4.78 is 38.5. The topological polar surface area (TPSA) is 82.0 Å². The number of carboxylic acid groups (broad SMARTS) is 1. The van der Waals surface area contributed by atoms with Crippen molar-refractivity contribution in [1.82, 2.24) is 4.90 Å². The number of anilines is 1. The number of aliphatic imine (C=N–C) groups is 1. The molecule has 2 N–H and O–H groups in total. The van der Waals surface area contributed by atoms with E-state index >= 15 is 0 Å². The van der Waals surface area contributed by atoms with Crippen LogP contribution >= 0.6 is 0 Å². The minimum atomic E-state index is -4.39. The number of nitrogens with zero attached hydrogens (tertiary/aromatic N) is 2. The average molecular weight is 566 g/mol. The van der Waals surface area contributed by atoms with Gasteiger partial charge in [-0.2, -0.15) is 13.2 Å². The number of alkyl halides is 3. The van der Waals surface area contributed by atoms with Gasteiger partial charge in [0, 0.05) is 24.1 Å². The first kappa shape index (κ1) is 30.0. The maximum Gasteiger partial charge on any atom is 0.389 e. The van der Waals surface area contributed by atoms with E-state index in [1.807, 2.05) is 30.3 Å². The van der Waals surface area contributed by atoms with Crippen LogP contribution in [0.25, 0.3) is 0 Å². The van der Waals surface area contributed by atoms with Crippen LogP contribution in [0.3, 0.4) is 0 Å². The second-order valence-corrected chi connectivity index (χ2v) is 10.5. The van der Waals surface area contributed by atoms with E-state index < -0.39 is 24.1 Å². The van der Waals surface area contributed by atoms with Gasteiger partial charge in [0.15, 0.2) is 5.54 Å². The van der Waals surface area contributed by atoms with Crippen LogP contribution in [-0.2, 0) is 16.1 Å². The number of para-hydroxylation sites is 1. The molecule has 6 nitrogen and oxygen atoms in total. The molecule has 0 aliphatic carbocycles. The predicted octanol–water partition coefficient (Wildman–Crippen LogP) is 6.70. The van der Waals surface area contributed by atoms with E-state index in [0.29, 0.717) is 29.8 Å². The summed E-state index contributed by atoms with van der Waals surface area (Å²) in [5, 5.41) is 13.1. The van der Waals surface area contributed by atoms with Crippen molar-refractivity contribution in [3.05, 3.63) is 102 Å². The Morgan fingerprint density at radius 1 is 0.951 bits per heavy atom. The van der Waals surface area contributed by atoms with Crippen molar-refractivity contribution in [2.24, 2.45) is 4.99 Å². The summed E-state index contributed by atoms with van der Waals surface area (Å²) in [6.07, 6.45) is -4.58. The number of halogens is 3. The van der Waals surface area contributed by atoms with E-state index in [1.165, 1.54) is 6.92 Å². The van der Waals surface area contributed by atoms with E-state index in [-0.39, 0.29) is 30.5 Å². The van der Waals surface area contributed by atoms with Gasteiger partial charge in [-0.25, -0.2) is 4.79 Å². The van der Waals surface area contributed by atoms with Crippen LogP contribution in [0, 0.1) is 0 Å². The molecular formula is C32H34F3N3O3. The lowest BCUT2D eigenvalue weighted by atomic mass is 9.93. The Labute approximate surface area is 237 Å². The normalized spacial score (nSPS) is 17.7. The first-order valence-corrected chi connectivity index (χ1v) is 13.7. The molecule has 1 amide bonds. The molecule has 41 heavy (non-hydrogen) atoms. The molecule has 3 aromatic carbocycles. The number of benzene rings is 3. The molecule has 3 aromatic rings. The van der Waals surface area contributed by atoms with Crippen molar-refractivity contribution in [2.45, 2.75) is 63.3 Å². The number of carbonyl (C=O) groups is 2. The Bertz CT molecular complexity index is 1360. The summed E-state index contributed by atoms with van der Waals surface area (Å²) in [4.78, 5) is 32.6. The zero-order valence-electron chi connectivity index (χ0n) is 22.9. The molecule has 0 aromatic heterocycles. The lowest BCUT2D eigenvalue weighted by Gasteiger charge is -2.25. The summed E-state index contributed by atoms with van der Waals surface area (Å²) >= 11 is 0. The van der Waals surface area contributed by atoms with Crippen molar-refractivity contribution < 1.29 is 27.9 Å². The molecule has 216 valence electrons. The highest BCUT2D eigenvalue weighted by Crippen LogP contribution is 2.30. The van der Waals surface area contributed by atoms with E-state index in [2.05, 4.69) is 15.2 Å². The highest BCUT2D eigenvalue weighted by Gasteiger charge is 2.36. The number of carboxylic acids is 1. The number of rotatable bonds is 11. The summed E-state index contributed by atoms with van der Waals surface area (Å²) in [5.74, 6) is -1.50. The van der Waals surface area contributed by atoms with Gasteiger partial charge in [-0.1, -0.05) is 78.9 Å². The molecule has 0 unspecified atom stereocenters. The van der Waals surface area contributed by atoms with Crippen LogP contribution in [0.4, 0.5) is 18.9 Å². The lowest BCUT2D eigenvalue weighted by Crippen LogP contribution is -2.39. The quantitative estimate of drug-likeness (QED) is 0.254. The lowest BCUT2D eigenvalue weighted by molar-refractivity contribution is -0.146. The smallest absolute Gasteiger partial charge is 0.389 e. The Balaban J connectivity index is 1.65. The van der Waals surface area contributed by atoms with Gasteiger partial charge in [0.25, 0.3) is 0 Å². The van der Waals surface area contributed by atoms with Crippen LogP contribution in [0.1, 0.15) is 55.7 Å². The fourth-order valence-electron chi connectivity index (χ4n) is 5.11. The number of carbonyl (C=O) groups excluding carboxylic acids is 1. The molecule has 0 saturated carbocycles. The zero-order valence-corrected chi connectivity index (χ0v) is 22.9. The van der Waals surface area contributed by atoms with Crippen LogP contribution in [0.15, 0.2) is 89.9 Å². The Kier molecular flexibility index (Phi) is 9.60. The van der Waals surface area contributed by atoms with Gasteiger partial charge >= 0.3 is 12.1 Å². The third-order valence-corrected chi connectivity index (χ3v) is 7.33. The monoisotopic (exact) mass is 565 g/mol. The van der Waals surface area contributed by atoms with Gasteiger partial charge in [-0.15, -0.1) is 0 Å². The SMILES string of the molecule is C[C@@](CCCC(F)(F)F)(N=C(c1ccccc1)c1ccccc1NC(=O)[C@@H]1CCCN1Cc1ccccc1)C(=O)O. The first-order valence-electron chi connectivity index (χ1n) is 13.7. The fourth-order valence-corrected chi connectivity index (χ4v) is 5.11. The number of likely N-dealkylation sites (tertiary alicyclic amines) is 1. The number of amides is 1. The van der Waals surface area contributed by atoms with Gasteiger partial charge in [-0.3, -0.25) is 14.7 Å². The summed E-state index contributed by atoms with van der Waals surface area (Å²) in [5.41, 5.74) is 1.11. The Morgan fingerprint density at radius 2 is 1.59 bits per heavy atom. The van der Waals surface area contributed by atoms with Crippen molar-refractivity contribution in [1.29, 1.82) is 0 Å². The van der Waals surface area contributed by atoms with Crippen molar-refractivity contribution in [2.75, 3.05) is 11.9 Å². The zero-order chi connectivity index (χ0) is 29.5. The van der Waals surface area contributed by atoms with Crippen LogP contribution < -0.4 is 5.32 Å². The highest BCUT2D eigenvalue weighted by molar-refractivity contribution is 6.18. The van der Waals surface area contributed by atoms with E-state index in [0.717, 1.165) is 18.5 Å². The first-order chi connectivity index (χ1) is 19.6. The van der Waals surface area contributed by atoms with E-state index in [1.54, 1.807) is 54.6 Å². The molecule has 1 saturated heterocycles. The number of aliphatic carboxylic acids is 1. The van der Waals surface area contributed by atoms with Crippen molar-refractivity contribution in [3.8, 4) is 0 Å². The van der Waals surface area contributed by atoms with E-state index in [4.69, 9.17) is 0 Å². The maximum atomic E-state index is 13.6. The van der Waals surface area contributed by atoms with Gasteiger partial charge in [0.1, 0.15) is 0 Å². The van der Waals surface area contributed by atoms with Gasteiger partial charge < -0.3 is 10.4 Å². The van der Waals surface area contributed by atoms with Crippen molar-refractivity contribution >= 4 is 23.3 Å². The van der Waals surface area contributed by atoms with Crippen LogP contribution in [0.2, 0.25) is 0 Å². The molecule has 1 fully saturated rings. The molecule has 9 heteroatoms. The largest absolute Gasteiger partial charge is 0.479 e. The summed E-state index contributed by atoms with van der Waals surface area (Å²) in [6, 6.07) is 25.4. The molecule has 0 bridgehead atoms. The minimum absolute atomic E-state index is 0.176. The van der Waals surface area contributed by atoms with Crippen molar-refractivity contribution in [3.63, 3.8) is 0 Å². The molecule has 0 radical (unpaired) electrons. The molecule has 1 aliphatic heterocycles. The molecule has 1 aliphatic rings. The Hall–Kier alpha value is -3.98. The summed E-state index contributed by atoms with van der Waals surface area (Å²) in [7, 11) is 0.